The van der Waals surface area contributed by atoms with Crippen LogP contribution in [0.5, 0.6) is 5.75 Å². The number of H-pyrrole nitrogens is 1. The predicted molar refractivity (Wildman–Crippen MR) is 81.9 cm³/mol. The number of para-hydroxylation sites is 1. The molecule has 3 N–H and O–H groups in total. The Labute approximate surface area is 119 Å². The molecule has 0 saturated carbocycles. The Morgan fingerprint density at radius 1 is 0.952 bits per heavy atom. The van der Waals surface area contributed by atoms with E-state index in [1.165, 1.54) is 12.1 Å². The minimum atomic E-state index is -1.13. The van der Waals surface area contributed by atoms with Gasteiger partial charge in [-0.25, -0.2) is 4.79 Å². The smallest absolute Gasteiger partial charge is 0.339 e. The maximum Gasteiger partial charge on any atom is 0.339 e. The zero-order chi connectivity index (χ0) is 14.6. The van der Waals surface area contributed by atoms with E-state index >= 15 is 0 Å². The van der Waals surface area contributed by atoms with Gasteiger partial charge in [0.15, 0.2) is 0 Å². The molecule has 0 aliphatic heterocycles. The van der Waals surface area contributed by atoms with Gasteiger partial charge in [0.2, 0.25) is 0 Å². The van der Waals surface area contributed by atoms with Gasteiger partial charge >= 0.3 is 5.97 Å². The molecule has 0 saturated heterocycles. The summed E-state index contributed by atoms with van der Waals surface area (Å²) >= 11 is 0. The topological polar surface area (TPSA) is 73.3 Å². The van der Waals surface area contributed by atoms with Gasteiger partial charge in [0.25, 0.3) is 0 Å². The fourth-order valence-corrected chi connectivity index (χ4v) is 2.85. The van der Waals surface area contributed by atoms with E-state index in [1.54, 1.807) is 0 Å². The molecule has 0 fully saturated rings. The van der Waals surface area contributed by atoms with Gasteiger partial charge in [-0.05, 0) is 23.6 Å². The van der Waals surface area contributed by atoms with E-state index in [-0.39, 0.29) is 11.3 Å². The molecule has 0 atom stereocenters. The van der Waals surface area contributed by atoms with Crippen molar-refractivity contribution in [2.45, 2.75) is 0 Å². The lowest BCUT2D eigenvalue weighted by atomic mass is 10.0. The first kappa shape index (κ1) is 11.8. The molecule has 21 heavy (non-hydrogen) atoms. The van der Waals surface area contributed by atoms with E-state index in [1.807, 2.05) is 36.4 Å². The number of phenols is 1. The van der Waals surface area contributed by atoms with Crippen LogP contribution in [-0.4, -0.2) is 21.2 Å². The molecule has 0 aliphatic carbocycles. The van der Waals surface area contributed by atoms with E-state index in [0.29, 0.717) is 0 Å². The average Bonchev–Trinajstić information content (AvgIpc) is 2.85. The minimum absolute atomic E-state index is 0.0852. The van der Waals surface area contributed by atoms with Gasteiger partial charge in [-0.1, -0.05) is 30.3 Å². The van der Waals surface area contributed by atoms with Crippen molar-refractivity contribution in [1.82, 2.24) is 4.98 Å². The Balaban J connectivity index is 2.18. The van der Waals surface area contributed by atoms with Crippen LogP contribution >= 0.6 is 0 Å². The van der Waals surface area contributed by atoms with Crippen molar-refractivity contribution >= 4 is 38.5 Å². The number of benzene rings is 3. The summed E-state index contributed by atoms with van der Waals surface area (Å²) in [7, 11) is 0. The lowest BCUT2D eigenvalue weighted by Crippen LogP contribution is -1.96. The molecule has 1 heterocycles. The molecule has 0 radical (unpaired) electrons. The number of carboxylic acid groups (broad SMARTS) is 1. The Bertz CT molecular complexity index is 1030. The number of rotatable bonds is 1. The summed E-state index contributed by atoms with van der Waals surface area (Å²) in [5.74, 6) is -1.35. The van der Waals surface area contributed by atoms with Gasteiger partial charge in [-0.2, -0.15) is 0 Å². The first-order valence-electron chi connectivity index (χ1n) is 6.54. The number of aromatic amines is 1. The van der Waals surface area contributed by atoms with Crippen LogP contribution in [0.3, 0.4) is 0 Å². The van der Waals surface area contributed by atoms with Crippen LogP contribution in [0, 0.1) is 0 Å². The number of carboxylic acids is 1. The number of aromatic hydroxyl groups is 1. The van der Waals surface area contributed by atoms with E-state index in [2.05, 4.69) is 4.98 Å². The van der Waals surface area contributed by atoms with Gasteiger partial charge in [0, 0.05) is 21.7 Å². The van der Waals surface area contributed by atoms with Crippen LogP contribution in [0.4, 0.5) is 0 Å². The van der Waals surface area contributed by atoms with Crippen LogP contribution in [0.1, 0.15) is 10.4 Å². The molecule has 0 amide bonds. The highest BCUT2D eigenvalue weighted by atomic mass is 16.4. The largest absolute Gasteiger partial charge is 0.507 e. The van der Waals surface area contributed by atoms with E-state index in [4.69, 9.17) is 5.11 Å². The van der Waals surface area contributed by atoms with E-state index < -0.39 is 5.97 Å². The lowest BCUT2D eigenvalue weighted by Gasteiger charge is -2.04. The normalized spacial score (nSPS) is 11.4. The van der Waals surface area contributed by atoms with Crippen molar-refractivity contribution in [1.29, 1.82) is 0 Å². The van der Waals surface area contributed by atoms with Crippen LogP contribution < -0.4 is 0 Å². The second-order valence-corrected chi connectivity index (χ2v) is 5.05. The molecule has 0 aliphatic rings. The van der Waals surface area contributed by atoms with Gasteiger partial charge in [0.05, 0.1) is 5.52 Å². The number of carbonyl (C=O) groups is 1. The summed E-state index contributed by atoms with van der Waals surface area (Å²) in [5, 5.41) is 22.8. The SMILES string of the molecule is O=C(O)c1cc2ccc3c4ccccc4[nH]c3c2cc1O. The lowest BCUT2D eigenvalue weighted by molar-refractivity contribution is 0.0694. The molecule has 0 unspecified atom stereocenters. The molecule has 4 rings (SSSR count). The second-order valence-electron chi connectivity index (χ2n) is 5.05. The average molecular weight is 277 g/mol. The summed E-state index contributed by atoms with van der Waals surface area (Å²) < 4.78 is 0. The van der Waals surface area contributed by atoms with Gasteiger partial charge in [-0.15, -0.1) is 0 Å². The molecule has 4 nitrogen and oxygen atoms in total. The number of hydrogen-bond acceptors (Lipinski definition) is 2. The molecule has 0 bridgehead atoms. The van der Waals surface area contributed by atoms with Crippen LogP contribution in [0.2, 0.25) is 0 Å². The fourth-order valence-electron chi connectivity index (χ4n) is 2.85. The van der Waals surface area contributed by atoms with E-state index in [0.717, 1.165) is 32.6 Å². The quantitative estimate of drug-likeness (QED) is 0.494. The highest BCUT2D eigenvalue weighted by Crippen LogP contribution is 2.34. The van der Waals surface area contributed by atoms with Crippen LogP contribution in [-0.2, 0) is 0 Å². The zero-order valence-corrected chi connectivity index (χ0v) is 10.9. The van der Waals surface area contributed by atoms with Crippen molar-refractivity contribution in [3.63, 3.8) is 0 Å². The van der Waals surface area contributed by atoms with Crippen LogP contribution in [0.25, 0.3) is 32.6 Å². The van der Waals surface area contributed by atoms with Crippen molar-refractivity contribution in [2.75, 3.05) is 0 Å². The van der Waals surface area contributed by atoms with Crippen molar-refractivity contribution in [3.05, 3.63) is 54.1 Å². The maximum absolute atomic E-state index is 11.1. The van der Waals surface area contributed by atoms with Crippen molar-refractivity contribution in [3.8, 4) is 5.75 Å². The first-order valence-corrected chi connectivity index (χ1v) is 6.54. The zero-order valence-electron chi connectivity index (χ0n) is 10.9. The highest BCUT2D eigenvalue weighted by molar-refractivity contribution is 6.17. The van der Waals surface area contributed by atoms with Crippen molar-refractivity contribution < 1.29 is 15.0 Å². The second kappa shape index (κ2) is 3.99. The Morgan fingerprint density at radius 2 is 1.76 bits per heavy atom. The highest BCUT2D eigenvalue weighted by Gasteiger charge is 2.13. The number of fused-ring (bicyclic) bond motifs is 5. The fraction of sp³-hybridized carbons (Fsp3) is 0. The molecule has 4 aromatic rings. The number of nitrogens with one attached hydrogen (secondary N) is 1. The molecule has 1 aromatic heterocycles. The third kappa shape index (κ3) is 1.59. The van der Waals surface area contributed by atoms with Gasteiger partial charge < -0.3 is 15.2 Å². The third-order valence-electron chi connectivity index (χ3n) is 3.84. The van der Waals surface area contributed by atoms with E-state index in [9.17, 15) is 9.90 Å². The predicted octanol–water partition coefficient (Wildman–Crippen LogP) is 3.88. The molecular formula is C17H11NO3. The molecule has 102 valence electrons. The summed E-state index contributed by atoms with van der Waals surface area (Å²) in [6.07, 6.45) is 0. The van der Waals surface area contributed by atoms with Gasteiger partial charge in [0.1, 0.15) is 11.3 Å². The summed E-state index contributed by atoms with van der Waals surface area (Å²) in [5.41, 5.74) is 1.83. The number of aromatic nitrogens is 1. The number of hydrogen-bond donors (Lipinski definition) is 3. The Kier molecular flexibility index (Phi) is 2.24. The first-order chi connectivity index (χ1) is 10.1. The molecular weight excluding hydrogens is 266 g/mol. The van der Waals surface area contributed by atoms with Crippen molar-refractivity contribution in [2.24, 2.45) is 0 Å². The monoisotopic (exact) mass is 277 g/mol. The number of aromatic carboxylic acids is 1. The molecule has 0 spiro atoms. The third-order valence-corrected chi connectivity index (χ3v) is 3.84. The summed E-state index contributed by atoms with van der Waals surface area (Å²) in [6, 6.07) is 14.8. The Morgan fingerprint density at radius 3 is 2.57 bits per heavy atom. The standard InChI is InChI=1S/C17H11NO3/c19-15-8-12-9(7-13(15)17(20)21)5-6-11-10-3-1-2-4-14(10)18-16(11)12/h1-8,18-19H,(H,20,21). The minimum Gasteiger partial charge on any atom is -0.507 e. The Hall–Kier alpha value is -3.01. The summed E-state index contributed by atoms with van der Waals surface area (Å²) in [6.45, 7) is 0. The molecule has 4 heteroatoms. The van der Waals surface area contributed by atoms with Gasteiger partial charge in [-0.3, -0.25) is 0 Å². The summed E-state index contributed by atoms with van der Waals surface area (Å²) in [4.78, 5) is 14.4. The van der Waals surface area contributed by atoms with Crippen LogP contribution in [0.15, 0.2) is 48.5 Å². The maximum atomic E-state index is 11.1. The molecule has 3 aromatic carbocycles.